The predicted octanol–water partition coefficient (Wildman–Crippen LogP) is 1.64. The maximum atomic E-state index is 14.0. The van der Waals surface area contributed by atoms with Crippen LogP contribution in [0.5, 0.6) is 0 Å². The Kier molecular flexibility index (Phi) is 4.50. The number of nitrogens with one attached hydrogen (secondary N) is 1. The topological polar surface area (TPSA) is 87.1 Å². The van der Waals surface area contributed by atoms with Gasteiger partial charge in [0, 0.05) is 38.4 Å². The van der Waals surface area contributed by atoms with Gasteiger partial charge in [-0.1, -0.05) is 23.9 Å². The van der Waals surface area contributed by atoms with E-state index < -0.39 is 0 Å². The van der Waals surface area contributed by atoms with Crippen molar-refractivity contribution in [3.05, 3.63) is 46.6 Å². The van der Waals surface area contributed by atoms with Crippen LogP contribution in [-0.2, 0) is 4.79 Å². The van der Waals surface area contributed by atoms with E-state index in [0.717, 1.165) is 0 Å². The first-order valence-corrected chi connectivity index (χ1v) is 10.5. The van der Waals surface area contributed by atoms with Gasteiger partial charge in [-0.25, -0.2) is 9.37 Å². The zero-order chi connectivity index (χ0) is 20.0. The number of aromatic nitrogens is 4. The highest BCUT2D eigenvalue weighted by Gasteiger charge is 2.31. The van der Waals surface area contributed by atoms with Gasteiger partial charge in [-0.3, -0.25) is 19.3 Å². The summed E-state index contributed by atoms with van der Waals surface area (Å²) in [5, 5.41) is 7.67. The van der Waals surface area contributed by atoms with E-state index in [1.165, 1.54) is 24.0 Å². The fraction of sp³-hybridized carbons (Fsp3) is 0.368. The lowest BCUT2D eigenvalue weighted by Crippen LogP contribution is -2.49. The minimum absolute atomic E-state index is 0.0100. The van der Waals surface area contributed by atoms with Crippen LogP contribution >= 0.6 is 11.8 Å². The summed E-state index contributed by atoms with van der Waals surface area (Å²) < 4.78 is 15.6. The average Bonchev–Trinajstić information content (AvgIpc) is 3.36. The summed E-state index contributed by atoms with van der Waals surface area (Å²) in [4.78, 5) is 33.8. The second-order valence-corrected chi connectivity index (χ2v) is 8.18. The van der Waals surface area contributed by atoms with Crippen molar-refractivity contribution in [1.82, 2.24) is 24.6 Å². The number of piperazine rings is 1. The van der Waals surface area contributed by atoms with Crippen LogP contribution in [0.3, 0.4) is 0 Å². The van der Waals surface area contributed by atoms with Gasteiger partial charge in [0.15, 0.2) is 10.8 Å². The first-order chi connectivity index (χ1) is 14.1. The van der Waals surface area contributed by atoms with Gasteiger partial charge in [0.05, 0.1) is 17.9 Å². The molecule has 1 unspecified atom stereocenters. The van der Waals surface area contributed by atoms with Crippen molar-refractivity contribution in [1.29, 1.82) is 0 Å². The molecule has 3 aromatic rings. The minimum atomic E-state index is -0.246. The number of para-hydroxylation sites is 1. The summed E-state index contributed by atoms with van der Waals surface area (Å²) >= 11 is 1.48. The number of hydrogen-bond donors (Lipinski definition) is 1. The Balaban J connectivity index is 1.27. The van der Waals surface area contributed by atoms with Crippen molar-refractivity contribution in [2.24, 2.45) is 0 Å². The standard InChI is InChI=1S/C19H19FN6O2S/c20-14-3-1-2-4-15(14)24-5-7-25(8-6-24)16(27)9-12-11-29-19-22-17-13(10-21-23-17)18(28)26(12)19/h1-4,10,12H,5-9,11H2,(H,21,23). The third kappa shape index (κ3) is 3.17. The minimum Gasteiger partial charge on any atom is -0.366 e. The number of nitrogens with zero attached hydrogens (tertiary/aromatic N) is 5. The van der Waals surface area contributed by atoms with Crippen LogP contribution in [0.2, 0.25) is 0 Å². The largest absolute Gasteiger partial charge is 0.366 e. The van der Waals surface area contributed by atoms with Crippen molar-refractivity contribution >= 4 is 34.4 Å². The quantitative estimate of drug-likeness (QED) is 0.656. The highest BCUT2D eigenvalue weighted by molar-refractivity contribution is 7.99. The van der Waals surface area contributed by atoms with Crippen LogP contribution in [0, 0.1) is 5.82 Å². The Morgan fingerprint density at radius 1 is 1.24 bits per heavy atom. The molecule has 1 aromatic carbocycles. The first kappa shape index (κ1) is 18.2. The second kappa shape index (κ2) is 7.18. The Bertz CT molecular complexity index is 1140. The van der Waals surface area contributed by atoms with Gasteiger partial charge in [-0.05, 0) is 12.1 Å². The van der Waals surface area contributed by atoms with Crippen LogP contribution < -0.4 is 10.5 Å². The monoisotopic (exact) mass is 414 g/mol. The molecule has 0 saturated carbocycles. The van der Waals surface area contributed by atoms with Crippen LogP contribution in [0.25, 0.3) is 11.0 Å². The summed E-state index contributed by atoms with van der Waals surface area (Å²) in [6.07, 6.45) is 1.73. The number of carbonyl (C=O) groups excluding carboxylic acids is 1. The molecule has 1 N–H and O–H groups in total. The number of aromatic amines is 1. The van der Waals surface area contributed by atoms with Gasteiger partial charge in [0.1, 0.15) is 11.2 Å². The lowest BCUT2D eigenvalue weighted by molar-refractivity contribution is -0.132. The molecule has 2 aromatic heterocycles. The zero-order valence-corrected chi connectivity index (χ0v) is 16.4. The molecule has 1 atom stereocenters. The molecule has 5 rings (SSSR count). The Hall–Kier alpha value is -2.88. The van der Waals surface area contributed by atoms with E-state index in [1.54, 1.807) is 21.6 Å². The molecule has 29 heavy (non-hydrogen) atoms. The van der Waals surface area contributed by atoms with Crippen molar-refractivity contribution in [2.45, 2.75) is 17.6 Å². The molecule has 1 saturated heterocycles. The van der Waals surface area contributed by atoms with E-state index in [4.69, 9.17) is 0 Å². The number of amides is 1. The van der Waals surface area contributed by atoms with Gasteiger partial charge in [-0.15, -0.1) is 0 Å². The SMILES string of the molecule is O=C(CC1CSc2nc3[nH]ncc3c(=O)n21)N1CCN(c2ccccc2F)CC1. The fourth-order valence-electron chi connectivity index (χ4n) is 3.94. The first-order valence-electron chi connectivity index (χ1n) is 9.47. The number of anilines is 1. The predicted molar refractivity (Wildman–Crippen MR) is 108 cm³/mol. The third-order valence-corrected chi connectivity index (χ3v) is 6.59. The number of halogens is 1. The Morgan fingerprint density at radius 2 is 2.03 bits per heavy atom. The van der Waals surface area contributed by atoms with E-state index in [9.17, 15) is 14.0 Å². The molecular weight excluding hydrogens is 395 g/mol. The number of fused-ring (bicyclic) bond motifs is 2. The number of carbonyl (C=O) groups is 1. The molecular formula is C19H19FN6O2S. The fourth-order valence-corrected chi connectivity index (χ4v) is 5.08. The Labute approximate surface area is 169 Å². The van der Waals surface area contributed by atoms with Crippen molar-refractivity contribution in [3.8, 4) is 0 Å². The molecule has 2 aliphatic heterocycles. The lowest BCUT2D eigenvalue weighted by atomic mass is 10.1. The summed E-state index contributed by atoms with van der Waals surface area (Å²) in [6, 6.07) is 6.48. The van der Waals surface area contributed by atoms with E-state index in [-0.39, 0.29) is 29.7 Å². The smallest absolute Gasteiger partial charge is 0.265 e. The maximum absolute atomic E-state index is 14.0. The van der Waals surface area contributed by atoms with Crippen molar-refractivity contribution < 1.29 is 9.18 Å². The van der Waals surface area contributed by atoms with Crippen LogP contribution in [0.1, 0.15) is 12.5 Å². The summed E-state index contributed by atoms with van der Waals surface area (Å²) in [6.45, 7) is 2.24. The molecule has 0 spiro atoms. The molecule has 0 bridgehead atoms. The number of hydrogen-bond acceptors (Lipinski definition) is 6. The maximum Gasteiger partial charge on any atom is 0.265 e. The molecule has 2 aliphatic rings. The molecule has 0 aliphatic carbocycles. The van der Waals surface area contributed by atoms with E-state index >= 15 is 0 Å². The van der Waals surface area contributed by atoms with Crippen LogP contribution in [-0.4, -0.2) is 62.5 Å². The normalized spacial score (nSPS) is 19.0. The molecule has 1 amide bonds. The summed E-state index contributed by atoms with van der Waals surface area (Å²) in [5.74, 6) is 0.406. The van der Waals surface area contributed by atoms with Crippen molar-refractivity contribution in [3.63, 3.8) is 0 Å². The van der Waals surface area contributed by atoms with Gasteiger partial charge in [-0.2, -0.15) is 5.10 Å². The number of rotatable bonds is 3. The van der Waals surface area contributed by atoms with Gasteiger partial charge in [0.25, 0.3) is 5.56 Å². The second-order valence-electron chi connectivity index (χ2n) is 7.19. The lowest BCUT2D eigenvalue weighted by Gasteiger charge is -2.36. The molecule has 8 nitrogen and oxygen atoms in total. The van der Waals surface area contributed by atoms with Crippen LogP contribution in [0.4, 0.5) is 10.1 Å². The number of benzene rings is 1. The van der Waals surface area contributed by atoms with Crippen LogP contribution in [0.15, 0.2) is 40.4 Å². The van der Waals surface area contributed by atoms with Gasteiger partial charge < -0.3 is 9.80 Å². The highest BCUT2D eigenvalue weighted by Crippen LogP contribution is 2.33. The van der Waals surface area contributed by atoms with E-state index in [0.29, 0.717) is 53.8 Å². The van der Waals surface area contributed by atoms with E-state index in [1.807, 2.05) is 11.0 Å². The molecule has 1 fully saturated rings. The molecule has 4 heterocycles. The molecule has 10 heteroatoms. The summed E-state index contributed by atoms with van der Waals surface area (Å²) in [5.41, 5.74) is 0.887. The Morgan fingerprint density at radius 3 is 2.83 bits per heavy atom. The van der Waals surface area contributed by atoms with Crippen molar-refractivity contribution in [2.75, 3.05) is 36.8 Å². The third-order valence-electron chi connectivity index (χ3n) is 5.49. The highest BCUT2D eigenvalue weighted by atomic mass is 32.2. The summed E-state index contributed by atoms with van der Waals surface area (Å²) in [7, 11) is 0. The zero-order valence-electron chi connectivity index (χ0n) is 15.5. The molecule has 150 valence electrons. The van der Waals surface area contributed by atoms with Gasteiger partial charge >= 0.3 is 0 Å². The number of thioether (sulfide) groups is 1. The number of H-pyrrole nitrogens is 1. The molecule has 0 radical (unpaired) electrons. The van der Waals surface area contributed by atoms with Gasteiger partial charge in [0.2, 0.25) is 5.91 Å². The average molecular weight is 414 g/mol. The van der Waals surface area contributed by atoms with E-state index in [2.05, 4.69) is 15.2 Å².